The van der Waals surface area contributed by atoms with Crippen molar-refractivity contribution >= 4 is 23.1 Å². The fraction of sp³-hybridized carbons (Fsp3) is 1.00. The summed E-state index contributed by atoms with van der Waals surface area (Å²) in [4.78, 5) is 0. The molecule has 0 saturated heterocycles. The second-order valence-electron chi connectivity index (χ2n) is 2.95. The van der Waals surface area contributed by atoms with E-state index in [-0.39, 0.29) is 25.9 Å². The van der Waals surface area contributed by atoms with Crippen LogP contribution in [0, 0.1) is 5.92 Å². The van der Waals surface area contributed by atoms with Crippen molar-refractivity contribution in [3.63, 3.8) is 0 Å². The zero-order chi connectivity index (χ0) is 7.82. The first-order chi connectivity index (χ1) is 4.85. The molecule has 0 fully saturated rings. The maximum absolute atomic E-state index is 8.83. The van der Waals surface area contributed by atoms with Gasteiger partial charge in [-0.15, -0.1) is 0 Å². The number of hydrogen-bond donors (Lipinski definition) is 1. The molecule has 0 rings (SSSR count). The minimum atomic E-state index is 0. The van der Waals surface area contributed by atoms with Crippen LogP contribution < -0.4 is 0 Å². The largest absolute Gasteiger partial charge is 2.00 e. The molecule has 2 heteroatoms. The van der Waals surface area contributed by atoms with Crippen molar-refractivity contribution in [1.29, 1.82) is 0 Å². The van der Waals surface area contributed by atoms with E-state index in [0.717, 1.165) is 6.42 Å². The molecule has 0 aromatic rings. The van der Waals surface area contributed by atoms with Gasteiger partial charge in [-0.3, -0.25) is 0 Å². The van der Waals surface area contributed by atoms with Crippen LogP contribution in [0.4, 0.5) is 0 Å². The number of rotatable bonds is 6. The maximum atomic E-state index is 8.83. The van der Waals surface area contributed by atoms with Gasteiger partial charge in [0.05, 0.1) is 0 Å². The van der Waals surface area contributed by atoms with E-state index in [2.05, 4.69) is 13.8 Å². The van der Waals surface area contributed by atoms with E-state index in [1.807, 2.05) is 0 Å². The Bertz CT molecular complexity index is 70.6. The maximum Gasteiger partial charge on any atom is 2.00 e. The summed E-state index contributed by atoms with van der Waals surface area (Å²) in [6.07, 6.45) is 6.22. The first kappa shape index (κ1) is 14.3. The number of aliphatic hydroxyl groups excluding tert-OH is 1. The fourth-order valence-corrected chi connectivity index (χ4v) is 1.11. The molecule has 0 aliphatic heterocycles. The summed E-state index contributed by atoms with van der Waals surface area (Å²) in [6.45, 7) is 4.73. The van der Waals surface area contributed by atoms with Crippen LogP contribution in [-0.4, -0.2) is 34.8 Å². The van der Waals surface area contributed by atoms with Crippen molar-refractivity contribution in [2.75, 3.05) is 6.61 Å². The topological polar surface area (TPSA) is 20.2 Å². The van der Waals surface area contributed by atoms with E-state index >= 15 is 0 Å². The van der Waals surface area contributed by atoms with Gasteiger partial charge in [0.2, 0.25) is 0 Å². The second kappa shape index (κ2) is 10.7. The smallest absolute Gasteiger partial charge is 1.00 e. The van der Waals surface area contributed by atoms with Gasteiger partial charge in [-0.1, -0.05) is 39.5 Å². The molecule has 0 aromatic carbocycles. The summed E-state index contributed by atoms with van der Waals surface area (Å²) in [5.41, 5.74) is 0. The van der Waals surface area contributed by atoms with Gasteiger partial charge in [0.1, 0.15) is 0 Å². The Morgan fingerprint density at radius 2 is 1.91 bits per heavy atom. The number of unbranched alkanes of at least 4 members (excludes halogenated alkanes) is 2. The van der Waals surface area contributed by atoms with Gasteiger partial charge in [-0.2, -0.15) is 0 Å². The summed E-state index contributed by atoms with van der Waals surface area (Å²) >= 11 is 0. The van der Waals surface area contributed by atoms with Gasteiger partial charge >= 0.3 is 23.1 Å². The molecule has 0 aliphatic carbocycles. The molecule has 0 spiro atoms. The van der Waals surface area contributed by atoms with Crippen LogP contribution in [0.1, 0.15) is 48.8 Å². The van der Waals surface area contributed by atoms with Crippen LogP contribution in [0.5, 0.6) is 0 Å². The average molecular weight is 171 g/mol. The predicted molar refractivity (Wildman–Crippen MR) is 53.0 cm³/mol. The van der Waals surface area contributed by atoms with Gasteiger partial charge < -0.3 is 7.96 Å². The quantitative estimate of drug-likeness (QED) is 0.480. The predicted octanol–water partition coefficient (Wildman–Crippen LogP) is 2.43. The van der Waals surface area contributed by atoms with Crippen LogP contribution >= 0.6 is 0 Å². The first-order valence-electron chi connectivity index (χ1n) is 4.46. The third kappa shape index (κ3) is 8.63. The van der Waals surface area contributed by atoms with E-state index in [1.165, 1.54) is 25.7 Å². The van der Waals surface area contributed by atoms with Crippen molar-refractivity contribution in [2.24, 2.45) is 5.92 Å². The zero-order valence-corrected chi connectivity index (χ0v) is 9.39. The van der Waals surface area contributed by atoms with Crippen molar-refractivity contribution in [3.05, 3.63) is 0 Å². The van der Waals surface area contributed by atoms with E-state index in [9.17, 15) is 0 Å². The van der Waals surface area contributed by atoms with Crippen LogP contribution in [0.2, 0.25) is 0 Å². The van der Waals surface area contributed by atoms with Gasteiger partial charge in [0, 0.05) is 6.61 Å². The van der Waals surface area contributed by atoms with Crippen molar-refractivity contribution in [3.8, 4) is 0 Å². The Kier molecular flexibility index (Phi) is 13.9. The van der Waals surface area contributed by atoms with Crippen LogP contribution in [-0.2, 0) is 0 Å². The molecule has 1 nitrogen and oxygen atoms in total. The average Bonchev–Trinajstić information content (AvgIpc) is 1.99. The summed E-state index contributed by atoms with van der Waals surface area (Å²) in [7, 11) is 0. The van der Waals surface area contributed by atoms with Gasteiger partial charge in [-0.25, -0.2) is 0 Å². The monoisotopic (exact) mass is 170 g/mol. The van der Waals surface area contributed by atoms with E-state index < -0.39 is 0 Å². The molecular formula is C9H22MgO. The second-order valence-corrected chi connectivity index (χ2v) is 2.95. The molecule has 1 N–H and O–H groups in total. The van der Waals surface area contributed by atoms with Crippen molar-refractivity contribution in [2.45, 2.75) is 46.0 Å². The van der Waals surface area contributed by atoms with E-state index in [1.54, 1.807) is 0 Å². The van der Waals surface area contributed by atoms with Gasteiger partial charge in [0.15, 0.2) is 0 Å². The van der Waals surface area contributed by atoms with Gasteiger partial charge in [-0.05, 0) is 12.3 Å². The molecular weight excluding hydrogens is 148 g/mol. The van der Waals surface area contributed by atoms with Crippen LogP contribution in [0.25, 0.3) is 0 Å². The van der Waals surface area contributed by atoms with Crippen LogP contribution in [0.15, 0.2) is 0 Å². The van der Waals surface area contributed by atoms with Crippen molar-refractivity contribution < 1.29 is 7.96 Å². The van der Waals surface area contributed by atoms with E-state index in [0.29, 0.717) is 12.5 Å². The zero-order valence-electron chi connectivity index (χ0n) is 9.97. The molecule has 66 valence electrons. The van der Waals surface area contributed by atoms with Crippen molar-refractivity contribution in [1.82, 2.24) is 0 Å². The summed E-state index contributed by atoms with van der Waals surface area (Å²) in [5, 5.41) is 8.83. The number of hydrogen-bond acceptors (Lipinski definition) is 1. The molecule has 1 atom stereocenters. The minimum absolute atomic E-state index is 0. The molecule has 0 saturated carbocycles. The SMILES string of the molecule is CCCCCC(CC)CO.[H-].[H-].[Mg+2]. The molecule has 0 bridgehead atoms. The number of aliphatic hydroxyl groups is 1. The third-order valence-electron chi connectivity index (χ3n) is 2.05. The summed E-state index contributed by atoms with van der Waals surface area (Å²) in [6, 6.07) is 0. The third-order valence-corrected chi connectivity index (χ3v) is 2.05. The van der Waals surface area contributed by atoms with Crippen LogP contribution in [0.3, 0.4) is 0 Å². The minimum Gasteiger partial charge on any atom is -1.00 e. The molecule has 0 heterocycles. The molecule has 1 unspecified atom stereocenters. The molecule has 0 aromatic heterocycles. The van der Waals surface area contributed by atoms with Gasteiger partial charge in [0.25, 0.3) is 0 Å². The Balaban J connectivity index is -0.000000135. The molecule has 0 radical (unpaired) electrons. The Morgan fingerprint density at radius 3 is 2.27 bits per heavy atom. The summed E-state index contributed by atoms with van der Waals surface area (Å²) in [5.74, 6) is 0.562. The normalized spacial score (nSPS) is 12.3. The summed E-state index contributed by atoms with van der Waals surface area (Å²) < 4.78 is 0. The van der Waals surface area contributed by atoms with E-state index in [4.69, 9.17) is 5.11 Å². The fourth-order valence-electron chi connectivity index (χ4n) is 1.11. The molecule has 11 heavy (non-hydrogen) atoms. The Morgan fingerprint density at radius 1 is 1.27 bits per heavy atom. The standard InChI is InChI=1S/C9H20O.Mg.2H/c1-3-5-6-7-9(4-2)8-10;;;/h9-10H,3-8H2,1-2H3;;;/q;+2;2*-1. The Labute approximate surface area is 89.7 Å². The molecule has 0 amide bonds. The molecule has 0 aliphatic rings. The Hall–Kier alpha value is 0.726. The first-order valence-corrected chi connectivity index (χ1v) is 4.46.